The molecule has 170 valence electrons. The lowest BCUT2D eigenvalue weighted by molar-refractivity contribution is -0.134. The van der Waals surface area contributed by atoms with Crippen LogP contribution in [-0.4, -0.2) is 48.4 Å². The van der Waals surface area contributed by atoms with Gasteiger partial charge in [0, 0.05) is 30.6 Å². The van der Waals surface area contributed by atoms with Crippen LogP contribution in [0.15, 0.2) is 60.7 Å². The van der Waals surface area contributed by atoms with Gasteiger partial charge >= 0.3 is 0 Å². The summed E-state index contributed by atoms with van der Waals surface area (Å²) in [4.78, 5) is 27.8. The van der Waals surface area contributed by atoms with Crippen molar-refractivity contribution in [1.82, 2.24) is 15.5 Å². The van der Waals surface area contributed by atoms with Gasteiger partial charge in [0.2, 0.25) is 5.91 Å². The van der Waals surface area contributed by atoms with Crippen molar-refractivity contribution in [3.8, 4) is 0 Å². The second-order valence-corrected chi connectivity index (χ2v) is 9.09. The van der Waals surface area contributed by atoms with Crippen molar-refractivity contribution < 1.29 is 9.59 Å². The number of nitrogens with zero attached hydrogens (tertiary/aromatic N) is 1. The van der Waals surface area contributed by atoms with Crippen molar-refractivity contribution in [2.75, 3.05) is 19.6 Å². The number of hydrogen-bond donors (Lipinski definition) is 2. The summed E-state index contributed by atoms with van der Waals surface area (Å²) < 4.78 is 0. The number of likely N-dealkylation sites (tertiary alicyclic amines) is 1. The van der Waals surface area contributed by atoms with Crippen LogP contribution in [0.5, 0.6) is 0 Å². The summed E-state index contributed by atoms with van der Waals surface area (Å²) in [6, 6.07) is 20.0. The fourth-order valence-corrected chi connectivity index (χ4v) is 4.67. The molecule has 0 aromatic heterocycles. The number of amides is 2. The first-order chi connectivity index (χ1) is 15.7. The molecule has 2 N–H and O–H groups in total. The fourth-order valence-electron chi connectivity index (χ4n) is 4.67. The Kier molecular flexibility index (Phi) is 7.94. The van der Waals surface area contributed by atoms with Gasteiger partial charge in [-0.25, -0.2) is 0 Å². The molecule has 3 unspecified atom stereocenters. The lowest BCUT2D eigenvalue weighted by Crippen LogP contribution is -2.50. The molecule has 1 heterocycles. The quantitative estimate of drug-likeness (QED) is 0.554. The maximum absolute atomic E-state index is 13.1. The third-order valence-corrected chi connectivity index (χ3v) is 6.65. The zero-order chi connectivity index (χ0) is 22.2. The molecular formula is C27H35N3O2. The van der Waals surface area contributed by atoms with Crippen LogP contribution >= 0.6 is 0 Å². The monoisotopic (exact) mass is 433 g/mol. The van der Waals surface area contributed by atoms with E-state index in [9.17, 15) is 9.59 Å². The lowest BCUT2D eigenvalue weighted by Gasteiger charge is -2.31. The van der Waals surface area contributed by atoms with Gasteiger partial charge < -0.3 is 15.5 Å². The molecule has 2 amide bonds. The van der Waals surface area contributed by atoms with Gasteiger partial charge in [-0.3, -0.25) is 9.59 Å². The number of carbonyl (C=O) groups is 2. The van der Waals surface area contributed by atoms with Crippen molar-refractivity contribution >= 4 is 11.8 Å². The number of hydrogen-bond acceptors (Lipinski definition) is 3. The van der Waals surface area contributed by atoms with E-state index in [-0.39, 0.29) is 11.8 Å². The smallest absolute Gasteiger partial charge is 0.251 e. The minimum absolute atomic E-state index is 0.0771. The maximum Gasteiger partial charge on any atom is 0.251 e. The van der Waals surface area contributed by atoms with Gasteiger partial charge in [-0.15, -0.1) is 0 Å². The van der Waals surface area contributed by atoms with Crippen molar-refractivity contribution in [3.63, 3.8) is 0 Å². The zero-order valence-electron chi connectivity index (χ0n) is 18.8. The van der Waals surface area contributed by atoms with Crippen LogP contribution in [0, 0.1) is 0 Å². The molecule has 1 aliphatic carbocycles. The van der Waals surface area contributed by atoms with Crippen molar-refractivity contribution in [3.05, 3.63) is 71.8 Å². The largest absolute Gasteiger partial charge is 0.341 e. The molecular weight excluding hydrogens is 398 g/mol. The minimum atomic E-state index is -0.446. The van der Waals surface area contributed by atoms with E-state index in [0.29, 0.717) is 23.9 Å². The van der Waals surface area contributed by atoms with Gasteiger partial charge in [-0.2, -0.15) is 0 Å². The molecule has 3 atom stereocenters. The van der Waals surface area contributed by atoms with Gasteiger partial charge in [0.05, 0.1) is 0 Å². The van der Waals surface area contributed by atoms with Crippen molar-refractivity contribution in [2.45, 2.75) is 62.9 Å². The predicted molar refractivity (Wildman–Crippen MR) is 128 cm³/mol. The van der Waals surface area contributed by atoms with E-state index in [1.807, 2.05) is 23.1 Å². The first-order valence-electron chi connectivity index (χ1n) is 12.2. The van der Waals surface area contributed by atoms with Crippen LogP contribution in [0.25, 0.3) is 0 Å². The Hall–Kier alpha value is -2.66. The molecule has 1 saturated carbocycles. The van der Waals surface area contributed by atoms with Gasteiger partial charge in [0.25, 0.3) is 5.91 Å². The predicted octanol–water partition coefficient (Wildman–Crippen LogP) is 4.11. The van der Waals surface area contributed by atoms with Crippen molar-refractivity contribution in [1.29, 1.82) is 0 Å². The molecule has 5 nitrogen and oxygen atoms in total. The standard InChI is InChI=1S/C27H35N3O2/c31-26(22-14-6-2-7-15-22)29-24(27(32)30-18-10-3-11-19-30)16-8-9-17-28-25-20-23(25)21-12-4-1-5-13-21/h1-2,4-7,12-15,23-25,28H,3,8-11,16-20H2,(H,29,31). The van der Waals surface area contributed by atoms with Gasteiger partial charge in [-0.05, 0) is 69.2 Å². The molecule has 4 rings (SSSR count). The average molecular weight is 434 g/mol. The summed E-state index contributed by atoms with van der Waals surface area (Å²) in [5, 5.41) is 6.68. The van der Waals surface area contributed by atoms with Gasteiger partial charge in [0.1, 0.15) is 6.04 Å². The molecule has 0 spiro atoms. The van der Waals surface area contributed by atoms with E-state index >= 15 is 0 Å². The van der Waals surface area contributed by atoms with E-state index in [0.717, 1.165) is 45.3 Å². The summed E-state index contributed by atoms with van der Waals surface area (Å²) >= 11 is 0. The Morgan fingerprint density at radius 2 is 1.59 bits per heavy atom. The molecule has 2 fully saturated rings. The molecule has 32 heavy (non-hydrogen) atoms. The molecule has 0 bridgehead atoms. The Labute approximate surface area is 191 Å². The molecule has 2 aromatic rings. The maximum atomic E-state index is 13.1. The topological polar surface area (TPSA) is 61.4 Å². The Morgan fingerprint density at radius 1 is 0.906 bits per heavy atom. The summed E-state index contributed by atoms with van der Waals surface area (Å²) in [6.07, 6.45) is 7.09. The number of rotatable bonds is 10. The minimum Gasteiger partial charge on any atom is -0.341 e. The number of piperidine rings is 1. The van der Waals surface area contributed by atoms with Crippen LogP contribution < -0.4 is 10.6 Å². The van der Waals surface area contributed by atoms with E-state index in [2.05, 4.69) is 41.0 Å². The Balaban J connectivity index is 1.24. The Bertz CT molecular complexity index is 865. The highest BCUT2D eigenvalue weighted by Crippen LogP contribution is 2.40. The summed E-state index contributed by atoms with van der Waals surface area (Å²) in [6.45, 7) is 2.56. The summed E-state index contributed by atoms with van der Waals surface area (Å²) in [5.41, 5.74) is 2.02. The highest BCUT2D eigenvalue weighted by molar-refractivity contribution is 5.97. The van der Waals surface area contributed by atoms with Crippen LogP contribution in [0.1, 0.15) is 66.8 Å². The fraction of sp³-hybridized carbons (Fsp3) is 0.481. The normalized spacial score (nSPS) is 21.1. The SMILES string of the molecule is O=C(NC(CCCCNC1CC1c1ccccc1)C(=O)N1CCCCC1)c1ccccc1. The zero-order valence-corrected chi connectivity index (χ0v) is 18.8. The molecule has 0 radical (unpaired) electrons. The summed E-state index contributed by atoms with van der Waals surface area (Å²) in [5.74, 6) is 0.547. The van der Waals surface area contributed by atoms with E-state index in [4.69, 9.17) is 0 Å². The van der Waals surface area contributed by atoms with E-state index in [1.54, 1.807) is 12.1 Å². The second kappa shape index (κ2) is 11.3. The average Bonchev–Trinajstić information content (AvgIpc) is 3.64. The van der Waals surface area contributed by atoms with Crippen LogP contribution in [0.2, 0.25) is 0 Å². The lowest BCUT2D eigenvalue weighted by atomic mass is 10.0. The number of carbonyl (C=O) groups excluding carboxylic acids is 2. The number of unbranched alkanes of at least 4 members (excludes halogenated alkanes) is 1. The van der Waals surface area contributed by atoms with Crippen LogP contribution in [0.4, 0.5) is 0 Å². The van der Waals surface area contributed by atoms with Gasteiger partial charge in [-0.1, -0.05) is 48.5 Å². The highest BCUT2D eigenvalue weighted by Gasteiger charge is 2.37. The van der Waals surface area contributed by atoms with E-state index in [1.165, 1.54) is 18.4 Å². The molecule has 2 aliphatic rings. The van der Waals surface area contributed by atoms with Gasteiger partial charge in [0.15, 0.2) is 0 Å². The van der Waals surface area contributed by atoms with E-state index < -0.39 is 6.04 Å². The molecule has 5 heteroatoms. The molecule has 1 saturated heterocycles. The Morgan fingerprint density at radius 3 is 2.31 bits per heavy atom. The summed E-state index contributed by atoms with van der Waals surface area (Å²) in [7, 11) is 0. The molecule has 1 aliphatic heterocycles. The molecule has 2 aromatic carbocycles. The van der Waals surface area contributed by atoms with Crippen LogP contribution in [-0.2, 0) is 4.79 Å². The highest BCUT2D eigenvalue weighted by atomic mass is 16.2. The number of benzene rings is 2. The third-order valence-electron chi connectivity index (χ3n) is 6.65. The first-order valence-corrected chi connectivity index (χ1v) is 12.2. The first kappa shape index (κ1) is 22.5. The second-order valence-electron chi connectivity index (χ2n) is 9.09. The number of nitrogens with one attached hydrogen (secondary N) is 2. The van der Waals surface area contributed by atoms with Crippen LogP contribution in [0.3, 0.4) is 0 Å². The van der Waals surface area contributed by atoms with Crippen molar-refractivity contribution in [2.24, 2.45) is 0 Å². The third kappa shape index (κ3) is 6.19.